The van der Waals surface area contributed by atoms with Gasteiger partial charge in [-0.15, -0.1) is 11.6 Å². The molecule has 1 atom stereocenters. The van der Waals surface area contributed by atoms with Crippen molar-refractivity contribution >= 4 is 19.4 Å². The molecular formula is C8H10ClO4P. The van der Waals surface area contributed by atoms with Crippen molar-refractivity contribution < 1.29 is 18.9 Å². The van der Waals surface area contributed by atoms with Crippen LogP contribution in [-0.2, 0) is 9.09 Å². The highest BCUT2D eigenvalue weighted by Crippen LogP contribution is 2.42. The van der Waals surface area contributed by atoms with Crippen LogP contribution in [0.1, 0.15) is 11.7 Å². The average molecular weight is 237 g/mol. The summed E-state index contributed by atoms with van der Waals surface area (Å²) in [4.78, 5) is 17.2. The highest BCUT2D eigenvalue weighted by molar-refractivity contribution is 7.46. The van der Waals surface area contributed by atoms with E-state index in [1.54, 1.807) is 30.3 Å². The first-order valence-corrected chi connectivity index (χ1v) is 5.94. The molecule has 0 bridgehead atoms. The van der Waals surface area contributed by atoms with Crippen LogP contribution in [0.4, 0.5) is 0 Å². The zero-order chi connectivity index (χ0) is 10.6. The zero-order valence-electron chi connectivity index (χ0n) is 7.21. The second kappa shape index (κ2) is 4.91. The van der Waals surface area contributed by atoms with E-state index in [9.17, 15) is 4.57 Å². The zero-order valence-corrected chi connectivity index (χ0v) is 8.86. The van der Waals surface area contributed by atoms with E-state index in [0.717, 1.165) is 0 Å². The molecule has 14 heavy (non-hydrogen) atoms. The Kier molecular flexibility index (Phi) is 4.11. The molecule has 1 aromatic carbocycles. The molecule has 1 rings (SSSR count). The monoisotopic (exact) mass is 236 g/mol. The van der Waals surface area contributed by atoms with Crippen LogP contribution in [0.15, 0.2) is 30.3 Å². The van der Waals surface area contributed by atoms with Crippen molar-refractivity contribution in [3.63, 3.8) is 0 Å². The number of alkyl halides is 1. The number of hydrogen-bond donors (Lipinski definition) is 2. The van der Waals surface area contributed by atoms with Crippen molar-refractivity contribution in [2.24, 2.45) is 0 Å². The first kappa shape index (κ1) is 11.7. The summed E-state index contributed by atoms with van der Waals surface area (Å²) >= 11 is 5.54. The number of benzene rings is 1. The molecule has 0 aromatic heterocycles. The third-order valence-electron chi connectivity index (χ3n) is 1.58. The number of halogens is 1. The van der Waals surface area contributed by atoms with Crippen LogP contribution < -0.4 is 0 Å². The van der Waals surface area contributed by atoms with Gasteiger partial charge in [-0.1, -0.05) is 30.3 Å². The first-order valence-electron chi connectivity index (χ1n) is 3.88. The Morgan fingerprint density at radius 1 is 1.36 bits per heavy atom. The maximum absolute atomic E-state index is 10.6. The lowest BCUT2D eigenvalue weighted by molar-refractivity contribution is 0.148. The molecule has 78 valence electrons. The van der Waals surface area contributed by atoms with Gasteiger partial charge >= 0.3 is 7.82 Å². The molecule has 0 amide bonds. The van der Waals surface area contributed by atoms with Crippen molar-refractivity contribution in [3.8, 4) is 0 Å². The summed E-state index contributed by atoms with van der Waals surface area (Å²) < 4.78 is 15.1. The van der Waals surface area contributed by atoms with Gasteiger partial charge in [-0.2, -0.15) is 0 Å². The average Bonchev–Trinajstić information content (AvgIpc) is 2.14. The molecule has 0 heterocycles. The fourth-order valence-corrected chi connectivity index (χ4v) is 1.87. The minimum Gasteiger partial charge on any atom is -0.303 e. The van der Waals surface area contributed by atoms with Crippen LogP contribution in [0.5, 0.6) is 0 Å². The van der Waals surface area contributed by atoms with Crippen LogP contribution in [0.3, 0.4) is 0 Å². The molecule has 0 fully saturated rings. The third kappa shape index (κ3) is 3.78. The molecule has 1 unspecified atom stereocenters. The highest BCUT2D eigenvalue weighted by atomic mass is 35.5. The molecule has 0 aliphatic rings. The van der Waals surface area contributed by atoms with Gasteiger partial charge in [0.25, 0.3) is 0 Å². The van der Waals surface area contributed by atoms with E-state index in [1.807, 2.05) is 0 Å². The predicted molar refractivity (Wildman–Crippen MR) is 53.0 cm³/mol. The molecule has 6 heteroatoms. The fourth-order valence-electron chi connectivity index (χ4n) is 1.01. The first-order chi connectivity index (χ1) is 6.53. The number of rotatable bonds is 4. The van der Waals surface area contributed by atoms with Gasteiger partial charge < -0.3 is 9.79 Å². The van der Waals surface area contributed by atoms with E-state index < -0.39 is 13.9 Å². The number of phosphoric ester groups is 1. The van der Waals surface area contributed by atoms with Gasteiger partial charge in [-0.05, 0) is 5.56 Å². The Morgan fingerprint density at radius 2 is 1.93 bits per heavy atom. The van der Waals surface area contributed by atoms with Crippen LogP contribution in [-0.4, -0.2) is 15.7 Å². The lowest BCUT2D eigenvalue weighted by Gasteiger charge is -2.15. The summed E-state index contributed by atoms with van der Waals surface area (Å²) in [5, 5.41) is 0. The normalized spacial score (nSPS) is 13.9. The summed E-state index contributed by atoms with van der Waals surface area (Å²) in [6, 6.07) is 8.69. The Bertz CT molecular complexity index is 323. The topological polar surface area (TPSA) is 66.8 Å². The van der Waals surface area contributed by atoms with Crippen LogP contribution >= 0.6 is 19.4 Å². The molecule has 2 N–H and O–H groups in total. The van der Waals surface area contributed by atoms with Crippen LogP contribution in [0.25, 0.3) is 0 Å². The summed E-state index contributed by atoms with van der Waals surface area (Å²) in [6.07, 6.45) is -0.779. The second-order valence-corrected chi connectivity index (χ2v) is 4.15. The number of hydrogen-bond acceptors (Lipinski definition) is 2. The van der Waals surface area contributed by atoms with E-state index in [0.29, 0.717) is 5.56 Å². The van der Waals surface area contributed by atoms with Gasteiger partial charge in [0, 0.05) is 0 Å². The van der Waals surface area contributed by atoms with E-state index in [1.165, 1.54) is 0 Å². The van der Waals surface area contributed by atoms with E-state index in [-0.39, 0.29) is 5.88 Å². The van der Waals surface area contributed by atoms with Crippen molar-refractivity contribution in [2.75, 3.05) is 5.88 Å². The summed E-state index contributed by atoms with van der Waals surface area (Å²) in [5.41, 5.74) is 0.644. The predicted octanol–water partition coefficient (Wildman–Crippen LogP) is 2.08. The maximum atomic E-state index is 10.6. The van der Waals surface area contributed by atoms with Gasteiger partial charge in [0.05, 0.1) is 5.88 Å². The van der Waals surface area contributed by atoms with Gasteiger partial charge in [-0.25, -0.2) is 4.57 Å². The Hall–Kier alpha value is -0.380. The Labute approximate surface area is 86.7 Å². The van der Waals surface area contributed by atoms with Gasteiger partial charge in [0.15, 0.2) is 0 Å². The Morgan fingerprint density at radius 3 is 2.36 bits per heavy atom. The largest absolute Gasteiger partial charge is 0.470 e. The molecule has 0 saturated carbocycles. The summed E-state index contributed by atoms with van der Waals surface area (Å²) in [7, 11) is -4.49. The smallest absolute Gasteiger partial charge is 0.303 e. The lowest BCUT2D eigenvalue weighted by Crippen LogP contribution is -2.04. The van der Waals surface area contributed by atoms with Gasteiger partial charge in [0.1, 0.15) is 6.10 Å². The SMILES string of the molecule is O=P(O)(O)OC(CCl)c1ccccc1. The standard InChI is InChI=1S/C8H10ClO4P/c9-6-8(13-14(10,11)12)7-4-2-1-3-5-7/h1-5,8H,6H2,(H2,10,11,12). The molecular weight excluding hydrogens is 227 g/mol. The van der Waals surface area contributed by atoms with Crippen LogP contribution in [0.2, 0.25) is 0 Å². The number of phosphoric acid groups is 1. The molecule has 0 aliphatic heterocycles. The Balaban J connectivity index is 2.78. The van der Waals surface area contributed by atoms with Crippen LogP contribution in [0, 0.1) is 0 Å². The molecule has 0 radical (unpaired) electrons. The van der Waals surface area contributed by atoms with Gasteiger partial charge in [0.2, 0.25) is 0 Å². The fraction of sp³-hybridized carbons (Fsp3) is 0.250. The molecule has 0 aliphatic carbocycles. The second-order valence-electron chi connectivity index (χ2n) is 2.65. The summed E-state index contributed by atoms with van der Waals surface area (Å²) in [6.45, 7) is 0. The maximum Gasteiger partial charge on any atom is 0.470 e. The summed E-state index contributed by atoms with van der Waals surface area (Å²) in [5.74, 6) is -0.00484. The minimum absolute atomic E-state index is 0.00484. The molecule has 0 saturated heterocycles. The highest BCUT2D eigenvalue weighted by Gasteiger charge is 2.22. The van der Waals surface area contributed by atoms with E-state index >= 15 is 0 Å². The van der Waals surface area contributed by atoms with E-state index in [2.05, 4.69) is 4.52 Å². The quantitative estimate of drug-likeness (QED) is 0.620. The van der Waals surface area contributed by atoms with Crippen molar-refractivity contribution in [1.82, 2.24) is 0 Å². The minimum atomic E-state index is -4.49. The third-order valence-corrected chi connectivity index (χ3v) is 2.39. The molecule has 4 nitrogen and oxygen atoms in total. The van der Waals surface area contributed by atoms with Gasteiger partial charge in [-0.3, -0.25) is 4.52 Å². The van der Waals surface area contributed by atoms with Crippen molar-refractivity contribution in [3.05, 3.63) is 35.9 Å². The lowest BCUT2D eigenvalue weighted by atomic mass is 10.1. The van der Waals surface area contributed by atoms with Crippen molar-refractivity contribution in [2.45, 2.75) is 6.10 Å². The molecule has 1 aromatic rings. The molecule has 0 spiro atoms. The van der Waals surface area contributed by atoms with Crippen molar-refractivity contribution in [1.29, 1.82) is 0 Å². The van der Waals surface area contributed by atoms with E-state index in [4.69, 9.17) is 21.4 Å².